The summed E-state index contributed by atoms with van der Waals surface area (Å²) < 4.78 is 0. The van der Waals surface area contributed by atoms with Gasteiger partial charge in [-0.3, -0.25) is 9.89 Å². The summed E-state index contributed by atoms with van der Waals surface area (Å²) in [6.45, 7) is 5.56. The monoisotopic (exact) mass is 167 g/mol. The van der Waals surface area contributed by atoms with Gasteiger partial charge in [-0.15, -0.1) is 0 Å². The summed E-state index contributed by atoms with van der Waals surface area (Å²) >= 11 is 0. The number of hydrogen-bond acceptors (Lipinski definition) is 2. The second-order valence-corrected chi connectivity index (χ2v) is 2.71. The van der Waals surface area contributed by atoms with Crippen molar-refractivity contribution >= 4 is 11.6 Å². The molecule has 0 aromatic carbocycles. The van der Waals surface area contributed by atoms with Crippen LogP contribution in [0.3, 0.4) is 0 Å². The number of rotatable bonds is 2. The highest BCUT2D eigenvalue weighted by Crippen LogP contribution is 2.15. The number of aryl methyl sites for hydroxylation is 2. The average molecular weight is 167 g/mol. The van der Waals surface area contributed by atoms with Crippen LogP contribution in [0.1, 0.15) is 24.7 Å². The van der Waals surface area contributed by atoms with Gasteiger partial charge in [0, 0.05) is 6.42 Å². The molecule has 2 N–H and O–H groups in total. The lowest BCUT2D eigenvalue weighted by atomic mass is 10.3. The maximum atomic E-state index is 11.0. The van der Waals surface area contributed by atoms with Crippen LogP contribution in [-0.4, -0.2) is 16.1 Å². The second kappa shape index (κ2) is 3.38. The predicted molar refractivity (Wildman–Crippen MR) is 47.0 cm³/mol. The molecule has 0 spiro atoms. The third kappa shape index (κ3) is 1.64. The van der Waals surface area contributed by atoms with Crippen LogP contribution in [0.25, 0.3) is 0 Å². The molecule has 4 heteroatoms. The molecule has 0 fully saturated rings. The summed E-state index contributed by atoms with van der Waals surface area (Å²) in [4.78, 5) is 11.0. The van der Waals surface area contributed by atoms with Gasteiger partial charge in [-0.05, 0) is 13.8 Å². The van der Waals surface area contributed by atoms with Gasteiger partial charge in [0.1, 0.15) is 0 Å². The fourth-order valence-corrected chi connectivity index (χ4v) is 0.963. The van der Waals surface area contributed by atoms with E-state index < -0.39 is 0 Å². The van der Waals surface area contributed by atoms with E-state index in [0.717, 1.165) is 17.1 Å². The Hall–Kier alpha value is -1.32. The first-order chi connectivity index (χ1) is 5.65. The number of aromatic amines is 1. The molecule has 0 bridgehead atoms. The Morgan fingerprint density at radius 1 is 1.58 bits per heavy atom. The van der Waals surface area contributed by atoms with Gasteiger partial charge in [0.2, 0.25) is 5.91 Å². The summed E-state index contributed by atoms with van der Waals surface area (Å²) in [6.07, 6.45) is 0.490. The summed E-state index contributed by atoms with van der Waals surface area (Å²) in [5.41, 5.74) is 2.53. The van der Waals surface area contributed by atoms with E-state index in [2.05, 4.69) is 15.5 Å². The molecule has 1 rings (SSSR count). The minimum atomic E-state index is 0.0163. The van der Waals surface area contributed by atoms with Gasteiger partial charge in [0.15, 0.2) is 0 Å². The molecule has 0 aliphatic rings. The zero-order chi connectivity index (χ0) is 9.14. The number of nitrogens with one attached hydrogen (secondary N) is 2. The molecule has 0 saturated heterocycles. The van der Waals surface area contributed by atoms with Crippen molar-refractivity contribution in [1.82, 2.24) is 10.2 Å². The van der Waals surface area contributed by atoms with E-state index in [1.165, 1.54) is 0 Å². The molecule has 12 heavy (non-hydrogen) atoms. The van der Waals surface area contributed by atoms with Gasteiger partial charge in [-0.2, -0.15) is 5.10 Å². The number of hydrogen-bond donors (Lipinski definition) is 2. The van der Waals surface area contributed by atoms with Gasteiger partial charge in [-0.25, -0.2) is 0 Å². The van der Waals surface area contributed by atoms with Crippen molar-refractivity contribution in [1.29, 1.82) is 0 Å². The van der Waals surface area contributed by atoms with Crippen LogP contribution >= 0.6 is 0 Å². The molecule has 4 nitrogen and oxygen atoms in total. The zero-order valence-electron chi connectivity index (χ0n) is 7.56. The molecule has 0 aliphatic heterocycles. The fourth-order valence-electron chi connectivity index (χ4n) is 0.963. The molecule has 0 radical (unpaired) electrons. The molecule has 1 heterocycles. The van der Waals surface area contributed by atoms with E-state index in [-0.39, 0.29) is 5.91 Å². The smallest absolute Gasteiger partial charge is 0.224 e. The Balaban J connectivity index is 2.80. The second-order valence-electron chi connectivity index (χ2n) is 2.71. The fraction of sp³-hybridized carbons (Fsp3) is 0.500. The first kappa shape index (κ1) is 8.77. The van der Waals surface area contributed by atoms with E-state index in [0.29, 0.717) is 6.42 Å². The van der Waals surface area contributed by atoms with Gasteiger partial charge in [-0.1, -0.05) is 6.92 Å². The minimum absolute atomic E-state index is 0.0163. The quantitative estimate of drug-likeness (QED) is 0.699. The summed E-state index contributed by atoms with van der Waals surface area (Å²) in [5.74, 6) is 0.0163. The van der Waals surface area contributed by atoms with E-state index in [4.69, 9.17) is 0 Å². The normalized spacial score (nSPS) is 9.92. The Morgan fingerprint density at radius 3 is 2.67 bits per heavy atom. The number of anilines is 1. The van der Waals surface area contributed by atoms with Crippen LogP contribution in [0.5, 0.6) is 0 Å². The highest BCUT2D eigenvalue weighted by molar-refractivity contribution is 5.91. The van der Waals surface area contributed by atoms with Crippen LogP contribution < -0.4 is 5.32 Å². The summed E-state index contributed by atoms with van der Waals surface area (Å²) in [5, 5.41) is 9.54. The zero-order valence-corrected chi connectivity index (χ0v) is 7.56. The number of carbonyl (C=O) groups excluding carboxylic acids is 1. The van der Waals surface area contributed by atoms with Crippen LogP contribution in [0.4, 0.5) is 5.69 Å². The van der Waals surface area contributed by atoms with Crippen molar-refractivity contribution in [3.8, 4) is 0 Å². The maximum Gasteiger partial charge on any atom is 0.224 e. The average Bonchev–Trinajstić information content (AvgIpc) is 2.35. The molecule has 0 unspecified atom stereocenters. The highest BCUT2D eigenvalue weighted by Gasteiger charge is 2.07. The maximum absolute atomic E-state index is 11.0. The molecular weight excluding hydrogens is 154 g/mol. The van der Waals surface area contributed by atoms with E-state index in [9.17, 15) is 4.79 Å². The summed E-state index contributed by atoms with van der Waals surface area (Å²) in [7, 11) is 0. The van der Waals surface area contributed by atoms with Crippen molar-refractivity contribution in [3.05, 3.63) is 11.4 Å². The number of nitrogens with zero attached hydrogens (tertiary/aromatic N) is 1. The Labute approximate surface area is 71.4 Å². The van der Waals surface area contributed by atoms with Gasteiger partial charge in [0.05, 0.1) is 17.1 Å². The van der Waals surface area contributed by atoms with Crippen molar-refractivity contribution in [2.24, 2.45) is 0 Å². The number of amides is 1. The topological polar surface area (TPSA) is 57.8 Å². The largest absolute Gasteiger partial charge is 0.323 e. The van der Waals surface area contributed by atoms with E-state index in [1.807, 2.05) is 20.8 Å². The van der Waals surface area contributed by atoms with Gasteiger partial charge in [0.25, 0.3) is 0 Å². The van der Waals surface area contributed by atoms with Crippen molar-refractivity contribution in [2.45, 2.75) is 27.2 Å². The lowest BCUT2D eigenvalue weighted by Crippen LogP contribution is -2.10. The SMILES string of the molecule is CCC(=O)Nc1c(C)n[nH]c1C. The molecule has 1 amide bonds. The Bertz CT molecular complexity index is 271. The molecule has 1 aromatic heterocycles. The molecule has 66 valence electrons. The molecular formula is C8H13N3O. The molecule has 0 saturated carbocycles. The predicted octanol–water partition coefficient (Wildman–Crippen LogP) is 1.38. The third-order valence-corrected chi connectivity index (χ3v) is 1.71. The number of H-pyrrole nitrogens is 1. The number of carbonyl (C=O) groups is 1. The van der Waals surface area contributed by atoms with Gasteiger partial charge < -0.3 is 5.32 Å². The van der Waals surface area contributed by atoms with Crippen LogP contribution in [0, 0.1) is 13.8 Å². The van der Waals surface area contributed by atoms with Crippen LogP contribution in [-0.2, 0) is 4.79 Å². The summed E-state index contributed by atoms with van der Waals surface area (Å²) in [6, 6.07) is 0. The lowest BCUT2D eigenvalue weighted by Gasteiger charge is -2.01. The van der Waals surface area contributed by atoms with Crippen LogP contribution in [0.15, 0.2) is 0 Å². The number of aromatic nitrogens is 2. The first-order valence-corrected chi connectivity index (χ1v) is 3.96. The minimum Gasteiger partial charge on any atom is -0.323 e. The molecule has 0 aliphatic carbocycles. The van der Waals surface area contributed by atoms with E-state index in [1.54, 1.807) is 0 Å². The van der Waals surface area contributed by atoms with Crippen LogP contribution in [0.2, 0.25) is 0 Å². The Morgan fingerprint density at radius 2 is 2.25 bits per heavy atom. The Kier molecular flexibility index (Phi) is 2.47. The highest BCUT2D eigenvalue weighted by atomic mass is 16.1. The first-order valence-electron chi connectivity index (χ1n) is 3.96. The standard InChI is InChI=1S/C8H13N3O/c1-4-7(12)9-8-5(2)10-11-6(8)3/h4H2,1-3H3,(H,9,12)(H,10,11). The van der Waals surface area contributed by atoms with Crippen molar-refractivity contribution < 1.29 is 4.79 Å². The van der Waals surface area contributed by atoms with Crippen molar-refractivity contribution in [3.63, 3.8) is 0 Å². The van der Waals surface area contributed by atoms with E-state index >= 15 is 0 Å². The molecule has 0 atom stereocenters. The molecule has 1 aromatic rings. The third-order valence-electron chi connectivity index (χ3n) is 1.71. The van der Waals surface area contributed by atoms with Gasteiger partial charge >= 0.3 is 0 Å². The van der Waals surface area contributed by atoms with Crippen molar-refractivity contribution in [2.75, 3.05) is 5.32 Å². The lowest BCUT2D eigenvalue weighted by molar-refractivity contribution is -0.115.